The van der Waals surface area contributed by atoms with E-state index in [0.29, 0.717) is 29.2 Å². The smallest absolute Gasteiger partial charge is 0.417 e. The van der Waals surface area contributed by atoms with E-state index in [2.05, 4.69) is 22.0 Å². The molecular formula is C31H32N6O4. The number of rotatable bonds is 11. The highest BCUT2D eigenvalue weighted by Crippen LogP contribution is 2.31. The number of aromatic nitrogens is 4. The third-order valence-corrected chi connectivity index (χ3v) is 6.67. The summed E-state index contributed by atoms with van der Waals surface area (Å²) in [7, 11) is 1.48. The second kappa shape index (κ2) is 12.6. The van der Waals surface area contributed by atoms with Crippen molar-refractivity contribution < 1.29 is 14.0 Å². The maximum Gasteiger partial charge on any atom is 0.417 e. The highest BCUT2D eigenvalue weighted by Gasteiger charge is 2.16. The van der Waals surface area contributed by atoms with Crippen LogP contribution in [-0.2, 0) is 12.8 Å². The summed E-state index contributed by atoms with van der Waals surface area (Å²) < 4.78 is 17.3. The molecule has 41 heavy (non-hydrogen) atoms. The van der Waals surface area contributed by atoms with Gasteiger partial charge in [-0.15, -0.1) is 0 Å². The maximum atomic E-state index is 13.7. The van der Waals surface area contributed by atoms with E-state index in [9.17, 15) is 4.79 Å². The summed E-state index contributed by atoms with van der Waals surface area (Å²) >= 11 is 0. The molecule has 210 valence electrons. The normalized spacial score (nSPS) is 11.8. The minimum Gasteiger partial charge on any atom is -0.474 e. The van der Waals surface area contributed by atoms with Crippen LogP contribution < -0.4 is 26.5 Å². The van der Waals surface area contributed by atoms with Crippen molar-refractivity contribution in [2.75, 3.05) is 13.7 Å². The van der Waals surface area contributed by atoms with Gasteiger partial charge in [0.25, 0.3) is 5.56 Å². The Morgan fingerprint density at radius 2 is 1.73 bits per heavy atom. The molecule has 3 aromatic carbocycles. The highest BCUT2D eigenvalue weighted by atomic mass is 16.6. The van der Waals surface area contributed by atoms with Crippen molar-refractivity contribution in [2.45, 2.75) is 32.4 Å². The molecule has 0 aliphatic heterocycles. The molecule has 1 atom stereocenters. The van der Waals surface area contributed by atoms with Gasteiger partial charge in [0.2, 0.25) is 5.82 Å². The minimum absolute atomic E-state index is 0.101. The predicted octanol–water partition coefficient (Wildman–Crippen LogP) is 4.12. The zero-order valence-corrected chi connectivity index (χ0v) is 23.0. The fourth-order valence-electron chi connectivity index (χ4n) is 4.59. The van der Waals surface area contributed by atoms with Gasteiger partial charge in [-0.1, -0.05) is 67.0 Å². The van der Waals surface area contributed by atoms with Crippen molar-refractivity contribution in [3.8, 4) is 40.0 Å². The number of ether oxygens (including phenoxy) is 2. The molecule has 0 saturated heterocycles. The van der Waals surface area contributed by atoms with Gasteiger partial charge < -0.3 is 15.2 Å². The van der Waals surface area contributed by atoms with Crippen LogP contribution in [0, 0.1) is 0 Å². The number of hydrogen-bond acceptors (Lipinski definition) is 9. The zero-order valence-electron chi connectivity index (χ0n) is 23.0. The minimum atomic E-state index is -0.590. The largest absolute Gasteiger partial charge is 0.474 e. The summed E-state index contributed by atoms with van der Waals surface area (Å²) in [6.07, 6.45) is 3.16. The molecule has 10 heteroatoms. The van der Waals surface area contributed by atoms with Gasteiger partial charge in [0, 0.05) is 24.1 Å². The van der Waals surface area contributed by atoms with Crippen LogP contribution in [0.2, 0.25) is 0 Å². The molecule has 2 aromatic heterocycles. The molecule has 0 aliphatic carbocycles. The Morgan fingerprint density at radius 3 is 2.39 bits per heavy atom. The van der Waals surface area contributed by atoms with Crippen molar-refractivity contribution in [3.63, 3.8) is 0 Å². The topological polar surface area (TPSA) is 144 Å². The van der Waals surface area contributed by atoms with E-state index in [4.69, 9.17) is 25.5 Å². The van der Waals surface area contributed by atoms with Gasteiger partial charge in [0.05, 0.1) is 18.5 Å². The molecule has 0 amide bonds. The third kappa shape index (κ3) is 6.19. The molecule has 0 radical (unpaired) electrons. The van der Waals surface area contributed by atoms with E-state index in [0.717, 1.165) is 40.8 Å². The zero-order chi connectivity index (χ0) is 28.8. The monoisotopic (exact) mass is 552 g/mol. The van der Waals surface area contributed by atoms with Crippen LogP contribution in [0.15, 0.2) is 88.4 Å². The first-order valence-electron chi connectivity index (χ1n) is 13.4. The van der Waals surface area contributed by atoms with E-state index in [-0.39, 0.29) is 18.2 Å². The van der Waals surface area contributed by atoms with E-state index in [1.165, 1.54) is 7.11 Å². The van der Waals surface area contributed by atoms with Crippen LogP contribution in [0.1, 0.15) is 30.2 Å². The summed E-state index contributed by atoms with van der Waals surface area (Å²) in [5.74, 6) is 1.03. The molecular weight excluding hydrogens is 520 g/mol. The fraction of sp³-hybridized carbons (Fsp3) is 0.226. The number of aryl methyl sites for hydroxylation is 1. The van der Waals surface area contributed by atoms with Gasteiger partial charge in [-0.05, 0) is 47.4 Å². The first-order chi connectivity index (χ1) is 20.0. The van der Waals surface area contributed by atoms with Gasteiger partial charge in [-0.2, -0.15) is 4.98 Å². The Labute approximate surface area is 237 Å². The fourth-order valence-corrected chi connectivity index (χ4v) is 4.59. The Hall–Kier alpha value is -4.80. The van der Waals surface area contributed by atoms with Crippen molar-refractivity contribution in [1.29, 1.82) is 0 Å². The molecule has 0 fully saturated rings. The average Bonchev–Trinajstić information content (AvgIpc) is 3.49. The quantitative estimate of drug-likeness (QED) is 0.231. The summed E-state index contributed by atoms with van der Waals surface area (Å²) in [4.78, 5) is 22.7. The van der Waals surface area contributed by atoms with Crippen molar-refractivity contribution in [3.05, 3.63) is 106 Å². The van der Waals surface area contributed by atoms with Crippen molar-refractivity contribution >= 4 is 0 Å². The van der Waals surface area contributed by atoms with Crippen molar-refractivity contribution in [1.82, 2.24) is 19.7 Å². The van der Waals surface area contributed by atoms with Crippen LogP contribution in [-0.4, -0.2) is 39.6 Å². The van der Waals surface area contributed by atoms with E-state index >= 15 is 0 Å². The highest BCUT2D eigenvalue weighted by molar-refractivity contribution is 5.80. The van der Waals surface area contributed by atoms with E-state index in [1.807, 2.05) is 48.5 Å². The lowest BCUT2D eigenvalue weighted by molar-refractivity contribution is 0.217. The standard InChI is InChI=1S/C31H32N6O4/c1-3-6-27-26(30(38)37(19-34-27)22-13-15-23(16-14-22)40-28(33)18-32)17-20-9-11-21(12-10-20)24-7-4-5-8-25(24)29-35-31(39-2)41-36-29/h4-5,7-16,19,28H,3,6,17-18,32-33H2,1-2H3. The molecule has 0 bridgehead atoms. The number of nitrogens with zero attached hydrogens (tertiary/aromatic N) is 4. The summed E-state index contributed by atoms with van der Waals surface area (Å²) in [5, 5.41) is 4.04. The second-order valence-electron chi connectivity index (χ2n) is 9.49. The SMILES string of the molecule is CCCc1ncn(-c2ccc(OC(N)CN)cc2)c(=O)c1Cc1ccc(-c2ccccc2-c2noc(OC)n2)cc1. The molecule has 5 aromatic rings. The Balaban J connectivity index is 1.43. The Kier molecular flexibility index (Phi) is 8.52. The first-order valence-corrected chi connectivity index (χ1v) is 13.4. The van der Waals surface area contributed by atoms with Crippen LogP contribution in [0.5, 0.6) is 11.8 Å². The van der Waals surface area contributed by atoms with E-state index < -0.39 is 6.23 Å². The molecule has 10 nitrogen and oxygen atoms in total. The predicted molar refractivity (Wildman–Crippen MR) is 156 cm³/mol. The summed E-state index contributed by atoms with van der Waals surface area (Å²) in [6, 6.07) is 23.1. The van der Waals surface area contributed by atoms with Gasteiger partial charge in [0.15, 0.2) is 6.23 Å². The number of nitrogens with two attached hydrogens (primary N) is 2. The first kappa shape index (κ1) is 27.8. The van der Waals surface area contributed by atoms with Crippen LogP contribution in [0.3, 0.4) is 0 Å². The molecule has 0 aliphatic rings. The van der Waals surface area contributed by atoms with Crippen LogP contribution in [0.4, 0.5) is 0 Å². The molecule has 0 spiro atoms. The molecule has 1 unspecified atom stereocenters. The molecule has 5 rings (SSSR count). The summed E-state index contributed by atoms with van der Waals surface area (Å²) in [6.45, 7) is 2.28. The lowest BCUT2D eigenvalue weighted by atomic mass is 9.96. The third-order valence-electron chi connectivity index (χ3n) is 6.67. The second-order valence-corrected chi connectivity index (χ2v) is 9.49. The average molecular weight is 553 g/mol. The number of methoxy groups -OCH3 is 1. The van der Waals surface area contributed by atoms with Gasteiger partial charge in [-0.25, -0.2) is 4.98 Å². The Morgan fingerprint density at radius 1 is 1.00 bits per heavy atom. The van der Waals surface area contributed by atoms with E-state index in [1.54, 1.807) is 35.2 Å². The summed E-state index contributed by atoms with van der Waals surface area (Å²) in [5.41, 5.74) is 17.1. The van der Waals surface area contributed by atoms with Crippen LogP contribution in [0.25, 0.3) is 28.2 Å². The maximum absolute atomic E-state index is 13.7. The number of benzene rings is 3. The Bertz CT molecular complexity index is 1660. The lowest BCUT2D eigenvalue weighted by Crippen LogP contribution is -2.35. The lowest BCUT2D eigenvalue weighted by Gasteiger charge is -2.14. The molecule has 4 N–H and O–H groups in total. The number of hydrogen-bond donors (Lipinski definition) is 2. The van der Waals surface area contributed by atoms with Crippen molar-refractivity contribution in [2.24, 2.45) is 11.5 Å². The van der Waals surface area contributed by atoms with Crippen LogP contribution >= 0.6 is 0 Å². The molecule has 2 heterocycles. The van der Waals surface area contributed by atoms with Gasteiger partial charge in [0.1, 0.15) is 12.1 Å². The van der Waals surface area contributed by atoms with Gasteiger partial charge >= 0.3 is 6.08 Å². The molecule has 0 saturated carbocycles. The van der Waals surface area contributed by atoms with Gasteiger partial charge in [-0.3, -0.25) is 19.6 Å².